The molecule has 3 aromatic heterocycles. The quantitative estimate of drug-likeness (QED) is 0.398. The molecule has 1 aromatic carbocycles. The van der Waals surface area contributed by atoms with Crippen LogP contribution in [0.3, 0.4) is 0 Å². The molecule has 1 N–H and O–H groups in total. The molecule has 0 saturated heterocycles. The maximum Gasteiger partial charge on any atom is 0.419 e. The third kappa shape index (κ3) is 4.79. The number of hydrogen-bond acceptors (Lipinski definition) is 5. The van der Waals surface area contributed by atoms with Crippen molar-refractivity contribution in [1.29, 1.82) is 5.26 Å². The minimum absolute atomic E-state index is 0.0162. The Bertz CT molecular complexity index is 1490. The monoisotopic (exact) mass is 494 g/mol. The highest BCUT2D eigenvalue weighted by molar-refractivity contribution is 5.92. The molecule has 0 bridgehead atoms. The number of aryl methyl sites for hydroxylation is 1. The van der Waals surface area contributed by atoms with Crippen LogP contribution in [0.1, 0.15) is 38.7 Å². The second kappa shape index (κ2) is 9.58. The van der Waals surface area contributed by atoms with E-state index < -0.39 is 29.2 Å². The minimum Gasteiger partial charge on any atom is -0.347 e. The number of nitriles is 1. The lowest BCUT2D eigenvalue weighted by Crippen LogP contribution is -2.24. The van der Waals surface area contributed by atoms with Crippen LogP contribution >= 0.6 is 0 Å². The molecule has 0 spiro atoms. The summed E-state index contributed by atoms with van der Waals surface area (Å²) in [6.07, 6.45) is -2.16. The van der Waals surface area contributed by atoms with Crippen LogP contribution < -0.4 is 5.32 Å². The normalized spacial score (nSPS) is 11.2. The molecule has 1 amide bonds. The van der Waals surface area contributed by atoms with Crippen LogP contribution in [0.25, 0.3) is 16.8 Å². The fourth-order valence-corrected chi connectivity index (χ4v) is 3.80. The molecule has 11 heteroatoms. The summed E-state index contributed by atoms with van der Waals surface area (Å²) in [5, 5.41) is 15.9. The van der Waals surface area contributed by atoms with Crippen molar-refractivity contribution in [3.63, 3.8) is 0 Å². The third-order valence-corrected chi connectivity index (χ3v) is 5.50. The summed E-state index contributed by atoms with van der Waals surface area (Å²) in [4.78, 5) is 19.7. The van der Waals surface area contributed by atoms with Crippen LogP contribution in [0.2, 0.25) is 0 Å². The van der Waals surface area contributed by atoms with Gasteiger partial charge in [0.15, 0.2) is 5.69 Å². The number of rotatable bonds is 5. The highest BCUT2D eigenvalue weighted by atomic mass is 19.4. The van der Waals surface area contributed by atoms with E-state index in [4.69, 9.17) is 5.26 Å². The highest BCUT2D eigenvalue weighted by Gasteiger charge is 2.35. The Morgan fingerprint density at radius 2 is 1.92 bits per heavy atom. The zero-order valence-electron chi connectivity index (χ0n) is 19.1. The first kappa shape index (κ1) is 24.5. The predicted octanol–water partition coefficient (Wildman–Crippen LogP) is 4.91. The van der Waals surface area contributed by atoms with Crippen molar-refractivity contribution in [3.05, 3.63) is 94.6 Å². The summed E-state index contributed by atoms with van der Waals surface area (Å²) >= 11 is 0. The SMILES string of the molecule is Cc1nn(-c2cnc(C#N)c(C(F)(F)F)c2)c(C)c1-c1ccc(CNC(=O)c2ccccn2)c(F)c1. The first-order valence-electron chi connectivity index (χ1n) is 10.6. The van der Waals surface area contributed by atoms with Gasteiger partial charge in [0.2, 0.25) is 0 Å². The van der Waals surface area contributed by atoms with Crippen LogP contribution in [-0.2, 0) is 12.7 Å². The number of aromatic nitrogens is 4. The fraction of sp³-hybridized carbons (Fsp3) is 0.160. The van der Waals surface area contributed by atoms with Gasteiger partial charge in [0.05, 0.1) is 23.1 Å². The van der Waals surface area contributed by atoms with Gasteiger partial charge in [0.1, 0.15) is 17.6 Å². The zero-order chi connectivity index (χ0) is 26.0. The molecular formula is C25H18F4N6O. The van der Waals surface area contributed by atoms with Gasteiger partial charge in [0, 0.05) is 29.6 Å². The van der Waals surface area contributed by atoms with Crippen molar-refractivity contribution >= 4 is 5.91 Å². The number of halogens is 4. The van der Waals surface area contributed by atoms with Crippen molar-refractivity contribution in [2.24, 2.45) is 0 Å². The molecule has 4 aromatic rings. The van der Waals surface area contributed by atoms with Crippen molar-refractivity contribution < 1.29 is 22.4 Å². The van der Waals surface area contributed by atoms with Gasteiger partial charge in [-0.15, -0.1) is 0 Å². The van der Waals surface area contributed by atoms with Crippen molar-refractivity contribution in [3.8, 4) is 22.9 Å². The van der Waals surface area contributed by atoms with Gasteiger partial charge in [-0.3, -0.25) is 9.78 Å². The van der Waals surface area contributed by atoms with Crippen molar-refractivity contribution in [2.75, 3.05) is 0 Å². The smallest absolute Gasteiger partial charge is 0.347 e. The Kier molecular flexibility index (Phi) is 6.53. The summed E-state index contributed by atoms with van der Waals surface area (Å²) in [5.74, 6) is -1.01. The number of alkyl halides is 3. The molecule has 182 valence electrons. The Labute approximate surface area is 203 Å². The van der Waals surface area contributed by atoms with E-state index in [2.05, 4.69) is 20.4 Å². The first-order chi connectivity index (χ1) is 17.1. The minimum atomic E-state index is -4.77. The van der Waals surface area contributed by atoms with Crippen LogP contribution in [0.15, 0.2) is 54.9 Å². The molecule has 0 saturated carbocycles. The number of carbonyl (C=O) groups is 1. The standard InChI is InChI=1S/C25H18F4N6O/c1-14-23(15(2)35(34-14)18-10-19(25(27,28)29)22(11-30)32-13-18)16-6-7-17(20(26)9-16)12-33-24(36)21-5-3-4-8-31-21/h3-10,13H,12H2,1-2H3,(H,33,36). The number of nitrogens with zero attached hydrogens (tertiary/aromatic N) is 5. The molecule has 36 heavy (non-hydrogen) atoms. The lowest BCUT2D eigenvalue weighted by atomic mass is 10.0. The lowest BCUT2D eigenvalue weighted by molar-refractivity contribution is -0.138. The van der Waals surface area contributed by atoms with Gasteiger partial charge >= 0.3 is 6.18 Å². The van der Waals surface area contributed by atoms with E-state index in [1.165, 1.54) is 29.1 Å². The van der Waals surface area contributed by atoms with Crippen LogP contribution in [0.4, 0.5) is 17.6 Å². The zero-order valence-corrected chi connectivity index (χ0v) is 19.1. The molecule has 4 rings (SSSR count). The molecule has 0 unspecified atom stereocenters. The Morgan fingerprint density at radius 1 is 1.14 bits per heavy atom. The highest BCUT2D eigenvalue weighted by Crippen LogP contribution is 2.34. The molecule has 7 nitrogen and oxygen atoms in total. The molecule has 0 atom stereocenters. The van der Waals surface area contributed by atoms with E-state index >= 15 is 0 Å². The van der Waals surface area contributed by atoms with E-state index in [0.29, 0.717) is 22.5 Å². The number of amides is 1. The summed E-state index contributed by atoms with van der Waals surface area (Å²) in [7, 11) is 0. The molecule has 0 radical (unpaired) electrons. The average Bonchev–Trinajstić information content (AvgIpc) is 3.16. The Hall–Kier alpha value is -4.59. The molecule has 0 aliphatic carbocycles. The summed E-state index contributed by atoms with van der Waals surface area (Å²) in [6, 6.07) is 11.6. The molecule has 3 heterocycles. The van der Waals surface area contributed by atoms with Gasteiger partial charge in [0.25, 0.3) is 5.91 Å². The maximum absolute atomic E-state index is 14.9. The van der Waals surface area contributed by atoms with Gasteiger partial charge in [-0.05, 0) is 43.7 Å². The lowest BCUT2D eigenvalue weighted by Gasteiger charge is -2.11. The number of nitrogens with one attached hydrogen (secondary N) is 1. The average molecular weight is 494 g/mol. The molecule has 0 fully saturated rings. The summed E-state index contributed by atoms with van der Waals surface area (Å²) < 4.78 is 56.3. The van der Waals surface area contributed by atoms with Gasteiger partial charge in [-0.1, -0.05) is 18.2 Å². The third-order valence-electron chi connectivity index (χ3n) is 5.50. The Morgan fingerprint density at radius 3 is 2.56 bits per heavy atom. The van der Waals surface area contributed by atoms with E-state index in [1.54, 1.807) is 38.1 Å². The number of pyridine rings is 2. The van der Waals surface area contributed by atoms with Crippen molar-refractivity contribution in [2.45, 2.75) is 26.6 Å². The van der Waals surface area contributed by atoms with Gasteiger partial charge in [-0.2, -0.15) is 23.5 Å². The molecule has 0 aliphatic rings. The summed E-state index contributed by atoms with van der Waals surface area (Å²) in [6.45, 7) is 3.23. The largest absolute Gasteiger partial charge is 0.419 e. The number of carbonyl (C=O) groups excluding carboxylic acids is 1. The van der Waals surface area contributed by atoms with Crippen LogP contribution in [0, 0.1) is 31.0 Å². The van der Waals surface area contributed by atoms with E-state index in [-0.39, 0.29) is 23.5 Å². The Balaban J connectivity index is 1.62. The molecule has 0 aliphatic heterocycles. The van der Waals surface area contributed by atoms with Crippen LogP contribution in [-0.4, -0.2) is 25.7 Å². The van der Waals surface area contributed by atoms with E-state index in [9.17, 15) is 22.4 Å². The predicted molar refractivity (Wildman–Crippen MR) is 121 cm³/mol. The number of hydrogen-bond donors (Lipinski definition) is 1. The maximum atomic E-state index is 14.9. The number of benzene rings is 1. The second-order valence-corrected chi connectivity index (χ2v) is 7.86. The first-order valence-corrected chi connectivity index (χ1v) is 10.6. The van der Waals surface area contributed by atoms with Gasteiger partial charge in [-0.25, -0.2) is 14.1 Å². The van der Waals surface area contributed by atoms with E-state index in [1.807, 2.05) is 0 Å². The van der Waals surface area contributed by atoms with Crippen LogP contribution in [0.5, 0.6) is 0 Å². The molecular weight excluding hydrogens is 476 g/mol. The second-order valence-electron chi connectivity index (χ2n) is 7.86. The van der Waals surface area contributed by atoms with Crippen molar-refractivity contribution in [1.82, 2.24) is 25.1 Å². The fourth-order valence-electron chi connectivity index (χ4n) is 3.80. The topological polar surface area (TPSA) is 96.5 Å². The summed E-state index contributed by atoms with van der Waals surface area (Å²) in [5.41, 5.74) is 0.491. The van der Waals surface area contributed by atoms with E-state index in [0.717, 1.165) is 12.3 Å². The van der Waals surface area contributed by atoms with Gasteiger partial charge < -0.3 is 5.32 Å².